The number of carbonyl (C=O) groups is 3. The summed E-state index contributed by atoms with van der Waals surface area (Å²) in [6.45, 7) is 13.9. The van der Waals surface area contributed by atoms with Gasteiger partial charge in [0.2, 0.25) is 0 Å². The van der Waals surface area contributed by atoms with Crippen molar-refractivity contribution < 1.29 is 38.4 Å². The fraction of sp³-hybridized carbons (Fsp3) is 0.844. The lowest BCUT2D eigenvalue weighted by Crippen LogP contribution is -2.58. The van der Waals surface area contributed by atoms with Crippen LogP contribution in [0.1, 0.15) is 112 Å². The minimum Gasteiger partial charge on any atom is -0.458 e. The van der Waals surface area contributed by atoms with Crippen molar-refractivity contribution in [1.29, 1.82) is 0 Å². The van der Waals surface area contributed by atoms with Crippen LogP contribution in [0.25, 0.3) is 0 Å². The molecular weight excluding hydrogens is 512 g/mol. The van der Waals surface area contributed by atoms with Crippen LogP contribution in [0.3, 0.4) is 0 Å². The highest BCUT2D eigenvalue weighted by atomic mass is 16.6. The lowest BCUT2D eigenvalue weighted by atomic mass is 9.58. The average molecular weight is 563 g/mol. The van der Waals surface area contributed by atoms with Crippen LogP contribution in [0.4, 0.5) is 0 Å². The molecule has 0 unspecified atom stereocenters. The fourth-order valence-electron chi connectivity index (χ4n) is 7.78. The van der Waals surface area contributed by atoms with Gasteiger partial charge in [0.15, 0.2) is 5.60 Å². The summed E-state index contributed by atoms with van der Waals surface area (Å²) in [5.41, 5.74) is -1.66. The molecule has 3 heterocycles. The molecule has 40 heavy (non-hydrogen) atoms. The molecule has 4 aliphatic rings. The maximum absolute atomic E-state index is 13.5. The quantitative estimate of drug-likeness (QED) is 0.162. The van der Waals surface area contributed by atoms with Gasteiger partial charge in [-0.3, -0.25) is 14.4 Å². The van der Waals surface area contributed by atoms with E-state index in [0.717, 1.165) is 32.1 Å². The summed E-state index contributed by atoms with van der Waals surface area (Å²) in [5.74, 6) is -1.87. The van der Waals surface area contributed by atoms with Gasteiger partial charge in [0.05, 0.1) is 17.6 Å². The van der Waals surface area contributed by atoms with Gasteiger partial charge in [-0.25, -0.2) is 0 Å². The first-order valence-electron chi connectivity index (χ1n) is 15.6. The Hall–Kier alpha value is -1.93. The normalized spacial score (nSPS) is 40.8. The van der Waals surface area contributed by atoms with Crippen molar-refractivity contribution in [2.75, 3.05) is 0 Å². The first-order valence-corrected chi connectivity index (χ1v) is 15.6. The topological polar surface area (TPSA) is 108 Å². The number of ether oxygens (including phenoxy) is 4. The predicted octanol–water partition coefficient (Wildman–Crippen LogP) is 5.43. The van der Waals surface area contributed by atoms with E-state index >= 15 is 0 Å². The summed E-state index contributed by atoms with van der Waals surface area (Å²) in [6.07, 6.45) is 5.33. The summed E-state index contributed by atoms with van der Waals surface area (Å²) in [7, 11) is 0. The lowest BCUT2D eigenvalue weighted by molar-refractivity contribution is -0.210. The van der Waals surface area contributed by atoms with Gasteiger partial charge in [-0.15, -0.1) is 0 Å². The minimum absolute atomic E-state index is 0.0182. The molecule has 0 spiro atoms. The van der Waals surface area contributed by atoms with Gasteiger partial charge >= 0.3 is 17.9 Å². The Morgan fingerprint density at radius 3 is 2.45 bits per heavy atom. The van der Waals surface area contributed by atoms with Crippen molar-refractivity contribution in [3.05, 3.63) is 12.2 Å². The van der Waals surface area contributed by atoms with Gasteiger partial charge < -0.3 is 24.1 Å². The molecule has 4 rings (SSSR count). The molecule has 8 heteroatoms. The van der Waals surface area contributed by atoms with Gasteiger partial charge in [-0.2, -0.15) is 0 Å². The molecule has 0 amide bonds. The van der Waals surface area contributed by atoms with Gasteiger partial charge in [-0.05, 0) is 57.4 Å². The second kappa shape index (κ2) is 12.5. The van der Waals surface area contributed by atoms with Crippen molar-refractivity contribution >= 4 is 17.9 Å². The van der Waals surface area contributed by atoms with Crippen molar-refractivity contribution in [2.24, 2.45) is 23.7 Å². The van der Waals surface area contributed by atoms with Crippen molar-refractivity contribution in [3.8, 4) is 0 Å². The van der Waals surface area contributed by atoms with E-state index in [0.29, 0.717) is 31.3 Å². The molecule has 1 saturated carbocycles. The van der Waals surface area contributed by atoms with E-state index in [2.05, 4.69) is 13.5 Å². The summed E-state index contributed by atoms with van der Waals surface area (Å²) >= 11 is 0. The van der Waals surface area contributed by atoms with Crippen LogP contribution in [0, 0.1) is 23.7 Å². The Bertz CT molecular complexity index is 959. The number of esters is 3. The highest BCUT2D eigenvalue weighted by Gasteiger charge is 2.68. The maximum atomic E-state index is 13.5. The second-order valence-corrected chi connectivity index (χ2v) is 13.1. The molecule has 8 nitrogen and oxygen atoms in total. The van der Waals surface area contributed by atoms with Gasteiger partial charge in [0.1, 0.15) is 18.3 Å². The number of fused-ring (bicyclic) bond motifs is 2. The molecule has 0 radical (unpaired) electrons. The molecular formula is C32H50O8. The largest absolute Gasteiger partial charge is 0.458 e. The first kappa shape index (κ1) is 31.0. The van der Waals surface area contributed by atoms with Crippen LogP contribution < -0.4 is 0 Å². The number of unbranched alkanes of at least 4 members (excludes halogenated alkanes) is 4. The Balaban J connectivity index is 1.71. The molecule has 1 aliphatic carbocycles. The predicted molar refractivity (Wildman–Crippen MR) is 149 cm³/mol. The SMILES string of the molecule is C=C1C[C@@H]2O[C@@H]3[C@H]4[C@@H](CC[C@@](C)(O)[C@H]42)[C@@H](C)C(=O)O[C@@]3(C)[C@H](OC(=O)CCCCCCC)C[C@H]1OC(=O)CCC. The van der Waals surface area contributed by atoms with E-state index < -0.39 is 29.5 Å². The van der Waals surface area contributed by atoms with E-state index in [-0.39, 0.29) is 66.9 Å². The van der Waals surface area contributed by atoms with Crippen LogP contribution in [-0.2, 0) is 33.3 Å². The van der Waals surface area contributed by atoms with Crippen molar-refractivity contribution in [1.82, 2.24) is 0 Å². The molecule has 10 atom stereocenters. The number of rotatable bonds is 10. The number of aliphatic hydroxyl groups is 1. The third-order valence-corrected chi connectivity index (χ3v) is 10.1. The third-order valence-electron chi connectivity index (χ3n) is 10.1. The molecule has 4 fully saturated rings. The van der Waals surface area contributed by atoms with Crippen LogP contribution >= 0.6 is 0 Å². The van der Waals surface area contributed by atoms with E-state index in [1.165, 1.54) is 0 Å². The highest BCUT2D eigenvalue weighted by Crippen LogP contribution is 2.59. The molecule has 0 aromatic rings. The smallest absolute Gasteiger partial charge is 0.309 e. The third kappa shape index (κ3) is 6.13. The van der Waals surface area contributed by atoms with E-state index in [1.807, 2.05) is 20.8 Å². The zero-order valence-corrected chi connectivity index (χ0v) is 25.1. The molecule has 2 bridgehead atoms. The van der Waals surface area contributed by atoms with Gasteiger partial charge in [-0.1, -0.05) is 53.0 Å². The Morgan fingerprint density at radius 1 is 1.05 bits per heavy atom. The number of hydrogen-bond acceptors (Lipinski definition) is 8. The monoisotopic (exact) mass is 562 g/mol. The second-order valence-electron chi connectivity index (χ2n) is 13.1. The van der Waals surface area contributed by atoms with Crippen LogP contribution in [0.2, 0.25) is 0 Å². The van der Waals surface area contributed by atoms with Crippen molar-refractivity contribution in [2.45, 2.75) is 147 Å². The molecule has 1 N–H and O–H groups in total. The van der Waals surface area contributed by atoms with Crippen LogP contribution in [0.15, 0.2) is 12.2 Å². The molecule has 3 saturated heterocycles. The Morgan fingerprint density at radius 2 is 1.75 bits per heavy atom. The zero-order valence-electron chi connectivity index (χ0n) is 25.1. The van der Waals surface area contributed by atoms with E-state index in [4.69, 9.17) is 18.9 Å². The maximum Gasteiger partial charge on any atom is 0.309 e. The highest BCUT2D eigenvalue weighted by molar-refractivity contribution is 5.74. The van der Waals surface area contributed by atoms with E-state index in [1.54, 1.807) is 6.92 Å². The van der Waals surface area contributed by atoms with Gasteiger partial charge in [0, 0.05) is 31.1 Å². The summed E-state index contributed by atoms with van der Waals surface area (Å²) in [6, 6.07) is 0. The fourth-order valence-corrected chi connectivity index (χ4v) is 7.78. The van der Waals surface area contributed by atoms with Gasteiger partial charge in [0.25, 0.3) is 0 Å². The Kier molecular flexibility index (Phi) is 9.71. The summed E-state index contributed by atoms with van der Waals surface area (Å²) < 4.78 is 25.1. The zero-order chi connectivity index (χ0) is 29.2. The number of hydrogen-bond donors (Lipinski definition) is 1. The Labute approximate surface area is 239 Å². The first-order chi connectivity index (χ1) is 18.9. The molecule has 0 aromatic heterocycles. The van der Waals surface area contributed by atoms with Crippen LogP contribution in [-0.4, -0.2) is 58.6 Å². The van der Waals surface area contributed by atoms with Crippen LogP contribution in [0.5, 0.6) is 0 Å². The molecule has 0 aromatic carbocycles. The molecule has 226 valence electrons. The lowest BCUT2D eigenvalue weighted by Gasteiger charge is -2.48. The van der Waals surface area contributed by atoms with E-state index in [9.17, 15) is 19.5 Å². The number of carbonyl (C=O) groups excluding carboxylic acids is 3. The summed E-state index contributed by atoms with van der Waals surface area (Å²) in [5, 5.41) is 11.6. The molecule has 3 aliphatic heterocycles. The standard InChI is InChI=1S/C32H50O8/c1-7-9-10-11-12-14-26(34)39-24-18-22(37-25(33)13-8-2)19(3)17-23-28-27-21(15-16-31(28,5)36)20(4)30(35)40-32(24,6)29(27)38-23/h20-24,27-29,36H,3,7-18H2,1-2,4-6H3/t20-,21+,22-,23+,24-,27+,28+,29-,31-,32+/m1/s1. The minimum atomic E-state index is -1.32. The van der Waals surface area contributed by atoms with Crippen molar-refractivity contribution in [3.63, 3.8) is 0 Å². The average Bonchev–Trinajstić information content (AvgIpc) is 3.26. The summed E-state index contributed by atoms with van der Waals surface area (Å²) in [4.78, 5) is 39.4.